The number of nitrogens with zero attached hydrogens (tertiary/aromatic N) is 1. The van der Waals surface area contributed by atoms with Gasteiger partial charge in [-0.05, 0) is 39.3 Å². The van der Waals surface area contributed by atoms with Crippen LogP contribution in [-0.4, -0.2) is 26.2 Å². The second-order valence-electron chi connectivity index (χ2n) is 5.48. The molecule has 25 heavy (non-hydrogen) atoms. The smallest absolute Gasteiger partial charge is 0.191 e. The summed E-state index contributed by atoms with van der Waals surface area (Å²) in [6.07, 6.45) is 5.14. The van der Waals surface area contributed by atoms with E-state index in [-0.39, 0.29) is 30.0 Å². The van der Waals surface area contributed by atoms with Crippen LogP contribution in [0, 0.1) is 0 Å². The minimum absolute atomic E-state index is 0. The van der Waals surface area contributed by atoms with Crippen LogP contribution in [0.5, 0.6) is 5.75 Å². The number of hydrogen-bond donors (Lipinski definition) is 2. The van der Waals surface area contributed by atoms with E-state index in [4.69, 9.17) is 9.15 Å². The zero-order chi connectivity index (χ0) is 17.4. The van der Waals surface area contributed by atoms with Crippen molar-refractivity contribution in [1.29, 1.82) is 0 Å². The fourth-order valence-electron chi connectivity index (χ4n) is 2.45. The van der Waals surface area contributed by atoms with E-state index in [0.29, 0.717) is 6.61 Å². The maximum Gasteiger partial charge on any atom is 0.191 e. The predicted octanol–water partition coefficient (Wildman–Crippen LogP) is 4.64. The zero-order valence-corrected chi connectivity index (χ0v) is 17.7. The highest BCUT2D eigenvalue weighted by Gasteiger charge is 2.15. The fraction of sp³-hybridized carbons (Fsp3) is 0.421. The van der Waals surface area contributed by atoms with Crippen molar-refractivity contribution in [2.45, 2.75) is 33.2 Å². The lowest BCUT2D eigenvalue weighted by atomic mass is 10.2. The molecular formula is C19H28IN3O2. The lowest BCUT2D eigenvalue weighted by Gasteiger charge is -2.15. The van der Waals surface area contributed by atoms with Crippen LogP contribution in [0.3, 0.4) is 0 Å². The Hall–Kier alpha value is -1.70. The van der Waals surface area contributed by atoms with Crippen LogP contribution in [0.1, 0.15) is 39.0 Å². The molecule has 5 nitrogen and oxygen atoms in total. The van der Waals surface area contributed by atoms with Crippen LogP contribution >= 0.6 is 24.0 Å². The number of nitrogens with one attached hydrogen (secondary N) is 2. The highest BCUT2D eigenvalue weighted by molar-refractivity contribution is 14.0. The van der Waals surface area contributed by atoms with Gasteiger partial charge in [-0.25, -0.2) is 0 Å². The summed E-state index contributed by atoms with van der Waals surface area (Å²) in [6, 6.07) is 7.98. The number of ether oxygens (including phenoxy) is 1. The SMILES string of the molecule is C/C=C/CCNC(=NC)NC(C)c1cc2cccc(OCC)c2o1.I. The molecule has 1 aromatic heterocycles. The first-order valence-electron chi connectivity index (χ1n) is 8.43. The molecule has 0 fully saturated rings. The largest absolute Gasteiger partial charge is 0.490 e. The van der Waals surface area contributed by atoms with Gasteiger partial charge in [0.05, 0.1) is 12.6 Å². The number of guanidine groups is 1. The number of hydrogen-bond acceptors (Lipinski definition) is 3. The lowest BCUT2D eigenvalue weighted by Crippen LogP contribution is -2.38. The molecule has 1 aromatic carbocycles. The first-order chi connectivity index (χ1) is 11.7. The first-order valence-corrected chi connectivity index (χ1v) is 8.43. The Kier molecular flexibility index (Phi) is 9.41. The quantitative estimate of drug-likeness (QED) is 0.209. The van der Waals surface area contributed by atoms with Crippen LogP contribution in [0.2, 0.25) is 0 Å². The van der Waals surface area contributed by atoms with E-state index < -0.39 is 0 Å². The van der Waals surface area contributed by atoms with Gasteiger partial charge >= 0.3 is 0 Å². The summed E-state index contributed by atoms with van der Waals surface area (Å²) in [4.78, 5) is 4.26. The minimum Gasteiger partial charge on any atom is -0.490 e. The Morgan fingerprint density at radius 1 is 1.40 bits per heavy atom. The third kappa shape index (κ3) is 5.95. The molecule has 1 atom stereocenters. The molecular weight excluding hydrogens is 429 g/mol. The van der Waals surface area contributed by atoms with E-state index in [1.165, 1.54) is 0 Å². The molecule has 2 aromatic rings. The van der Waals surface area contributed by atoms with E-state index in [1.807, 2.05) is 44.2 Å². The summed E-state index contributed by atoms with van der Waals surface area (Å²) in [5.74, 6) is 2.40. The number of rotatable bonds is 7. The number of para-hydroxylation sites is 1. The molecule has 6 heteroatoms. The number of halogens is 1. The zero-order valence-electron chi connectivity index (χ0n) is 15.3. The standard InChI is InChI=1S/C19H27N3O2.HI/c1-5-7-8-12-21-19(20-4)22-14(3)17-13-15-10-9-11-16(23-6-2)18(15)24-17;/h5,7,9-11,13-14H,6,8,12H2,1-4H3,(H2,20,21,22);1H/b7-5+;. The molecule has 0 amide bonds. The minimum atomic E-state index is -0.000191. The summed E-state index contributed by atoms with van der Waals surface area (Å²) < 4.78 is 11.7. The van der Waals surface area contributed by atoms with E-state index >= 15 is 0 Å². The van der Waals surface area contributed by atoms with Crippen LogP contribution in [-0.2, 0) is 0 Å². The van der Waals surface area contributed by atoms with Crippen molar-refractivity contribution in [2.75, 3.05) is 20.2 Å². The van der Waals surface area contributed by atoms with Crippen LogP contribution in [0.15, 0.2) is 45.8 Å². The number of furan rings is 1. The van der Waals surface area contributed by atoms with Crippen molar-refractivity contribution in [3.05, 3.63) is 42.2 Å². The molecule has 2 N–H and O–H groups in total. The van der Waals surface area contributed by atoms with Crippen LogP contribution in [0.25, 0.3) is 11.0 Å². The van der Waals surface area contributed by atoms with Gasteiger partial charge in [-0.1, -0.05) is 24.3 Å². The van der Waals surface area contributed by atoms with Crippen molar-refractivity contribution >= 4 is 40.9 Å². The van der Waals surface area contributed by atoms with E-state index in [0.717, 1.165) is 41.4 Å². The number of fused-ring (bicyclic) bond motifs is 1. The monoisotopic (exact) mass is 457 g/mol. The summed E-state index contributed by atoms with van der Waals surface area (Å²) in [5.41, 5.74) is 0.791. The second kappa shape index (κ2) is 11.0. The molecule has 2 rings (SSSR count). The number of benzene rings is 1. The van der Waals surface area contributed by atoms with Gasteiger partial charge in [-0.3, -0.25) is 4.99 Å². The average Bonchev–Trinajstić information content (AvgIpc) is 3.03. The number of allylic oxidation sites excluding steroid dienone is 1. The van der Waals surface area contributed by atoms with Gasteiger partial charge in [0.25, 0.3) is 0 Å². The van der Waals surface area contributed by atoms with Gasteiger partial charge in [0, 0.05) is 19.0 Å². The summed E-state index contributed by atoms with van der Waals surface area (Å²) in [6.45, 7) is 7.50. The molecule has 1 unspecified atom stereocenters. The molecule has 138 valence electrons. The maximum absolute atomic E-state index is 6.02. The summed E-state index contributed by atoms with van der Waals surface area (Å²) in [7, 11) is 1.77. The Labute approximate surface area is 166 Å². The Bertz CT molecular complexity index is 710. The highest BCUT2D eigenvalue weighted by atomic mass is 127. The molecule has 0 aliphatic heterocycles. The molecule has 0 saturated carbocycles. The Morgan fingerprint density at radius 2 is 2.20 bits per heavy atom. The lowest BCUT2D eigenvalue weighted by molar-refractivity contribution is 0.336. The Balaban J connectivity index is 0.00000312. The van der Waals surface area contributed by atoms with Gasteiger partial charge in [0.15, 0.2) is 17.3 Å². The fourth-order valence-corrected chi connectivity index (χ4v) is 2.45. The van der Waals surface area contributed by atoms with Crippen LogP contribution in [0.4, 0.5) is 0 Å². The van der Waals surface area contributed by atoms with E-state index in [2.05, 4.69) is 28.6 Å². The molecule has 0 radical (unpaired) electrons. The van der Waals surface area contributed by atoms with Gasteiger partial charge in [0.2, 0.25) is 0 Å². The van der Waals surface area contributed by atoms with Crippen molar-refractivity contribution < 1.29 is 9.15 Å². The Morgan fingerprint density at radius 3 is 2.88 bits per heavy atom. The van der Waals surface area contributed by atoms with Gasteiger partial charge in [-0.15, -0.1) is 24.0 Å². The summed E-state index contributed by atoms with van der Waals surface area (Å²) >= 11 is 0. The number of aliphatic imine (C=N–C) groups is 1. The van der Waals surface area contributed by atoms with Crippen molar-refractivity contribution in [3.8, 4) is 5.75 Å². The third-order valence-corrected chi connectivity index (χ3v) is 3.67. The van der Waals surface area contributed by atoms with E-state index in [1.54, 1.807) is 7.05 Å². The van der Waals surface area contributed by atoms with Crippen molar-refractivity contribution in [3.63, 3.8) is 0 Å². The molecule has 1 heterocycles. The van der Waals surface area contributed by atoms with Crippen LogP contribution < -0.4 is 15.4 Å². The maximum atomic E-state index is 6.02. The molecule has 0 bridgehead atoms. The van der Waals surface area contributed by atoms with Crippen molar-refractivity contribution in [1.82, 2.24) is 10.6 Å². The first kappa shape index (κ1) is 21.3. The third-order valence-electron chi connectivity index (χ3n) is 3.67. The second-order valence-corrected chi connectivity index (χ2v) is 5.48. The average molecular weight is 457 g/mol. The van der Waals surface area contributed by atoms with Crippen molar-refractivity contribution in [2.24, 2.45) is 4.99 Å². The topological polar surface area (TPSA) is 58.8 Å². The summed E-state index contributed by atoms with van der Waals surface area (Å²) in [5, 5.41) is 7.69. The van der Waals surface area contributed by atoms with Gasteiger partial charge in [0.1, 0.15) is 5.76 Å². The van der Waals surface area contributed by atoms with E-state index in [9.17, 15) is 0 Å². The molecule has 0 aliphatic carbocycles. The normalized spacial score (nSPS) is 12.9. The van der Waals surface area contributed by atoms with Gasteiger partial charge in [-0.2, -0.15) is 0 Å². The molecule has 0 aliphatic rings. The highest BCUT2D eigenvalue weighted by Crippen LogP contribution is 2.31. The van der Waals surface area contributed by atoms with Gasteiger partial charge < -0.3 is 19.8 Å². The predicted molar refractivity (Wildman–Crippen MR) is 115 cm³/mol. The molecule has 0 spiro atoms. The molecule has 0 saturated heterocycles.